The van der Waals surface area contributed by atoms with Gasteiger partial charge in [0.2, 0.25) is 0 Å². The van der Waals surface area contributed by atoms with Crippen LogP contribution in [0.2, 0.25) is 0 Å². The molecule has 0 amide bonds. The summed E-state index contributed by atoms with van der Waals surface area (Å²) in [6, 6.07) is 8.29. The van der Waals surface area contributed by atoms with Gasteiger partial charge in [-0.2, -0.15) is 0 Å². The standard InChI is InChI=1S/C15H17N3O/c1-10-4-6-11(7-5-10)9-13-17-14-12(15(19)18-13)3-2-8-16-14/h4-7H,2-3,8-9H2,1H3,(H2,16,17,18,19). The lowest BCUT2D eigenvalue weighted by Crippen LogP contribution is -2.25. The van der Waals surface area contributed by atoms with Crippen LogP contribution >= 0.6 is 0 Å². The molecule has 0 radical (unpaired) electrons. The molecule has 0 aliphatic carbocycles. The summed E-state index contributed by atoms with van der Waals surface area (Å²) in [7, 11) is 0. The molecular formula is C15H17N3O. The first-order chi connectivity index (χ1) is 9.22. The van der Waals surface area contributed by atoms with Crippen LogP contribution in [-0.2, 0) is 12.8 Å². The summed E-state index contributed by atoms with van der Waals surface area (Å²) < 4.78 is 0. The van der Waals surface area contributed by atoms with Crippen LogP contribution in [0.5, 0.6) is 0 Å². The van der Waals surface area contributed by atoms with Gasteiger partial charge in [0.05, 0.1) is 5.56 Å². The van der Waals surface area contributed by atoms with Gasteiger partial charge in [0.15, 0.2) is 0 Å². The van der Waals surface area contributed by atoms with Gasteiger partial charge in [-0.05, 0) is 25.3 Å². The zero-order chi connectivity index (χ0) is 13.2. The number of aromatic nitrogens is 2. The number of anilines is 1. The number of rotatable bonds is 2. The van der Waals surface area contributed by atoms with Gasteiger partial charge < -0.3 is 10.3 Å². The fraction of sp³-hybridized carbons (Fsp3) is 0.333. The van der Waals surface area contributed by atoms with Crippen molar-refractivity contribution in [1.29, 1.82) is 0 Å². The van der Waals surface area contributed by atoms with Crippen LogP contribution in [-0.4, -0.2) is 16.5 Å². The van der Waals surface area contributed by atoms with Crippen LogP contribution in [0, 0.1) is 6.92 Å². The Morgan fingerprint density at radius 1 is 1.26 bits per heavy atom. The Bertz CT molecular complexity index is 643. The highest BCUT2D eigenvalue weighted by atomic mass is 16.1. The van der Waals surface area contributed by atoms with Crippen LogP contribution in [0.1, 0.15) is 28.9 Å². The monoisotopic (exact) mass is 255 g/mol. The fourth-order valence-electron chi connectivity index (χ4n) is 2.38. The maximum absolute atomic E-state index is 12.0. The third-order valence-corrected chi connectivity index (χ3v) is 3.45. The fourth-order valence-corrected chi connectivity index (χ4v) is 2.38. The van der Waals surface area contributed by atoms with E-state index in [0.29, 0.717) is 6.42 Å². The van der Waals surface area contributed by atoms with E-state index >= 15 is 0 Å². The van der Waals surface area contributed by atoms with E-state index in [1.54, 1.807) is 0 Å². The first kappa shape index (κ1) is 12.0. The molecule has 0 saturated heterocycles. The van der Waals surface area contributed by atoms with E-state index in [1.165, 1.54) is 5.56 Å². The molecule has 2 N–H and O–H groups in total. The zero-order valence-corrected chi connectivity index (χ0v) is 11.0. The average Bonchev–Trinajstić information content (AvgIpc) is 2.42. The van der Waals surface area contributed by atoms with E-state index in [1.807, 2.05) is 0 Å². The summed E-state index contributed by atoms with van der Waals surface area (Å²) in [5.74, 6) is 1.49. The lowest BCUT2D eigenvalue weighted by Gasteiger charge is -2.16. The Kier molecular flexibility index (Phi) is 3.07. The number of aryl methyl sites for hydroxylation is 1. The number of aromatic amines is 1. The summed E-state index contributed by atoms with van der Waals surface area (Å²) in [5, 5.41) is 3.21. The molecular weight excluding hydrogens is 238 g/mol. The first-order valence-corrected chi connectivity index (χ1v) is 6.64. The largest absolute Gasteiger partial charge is 0.370 e. The second-order valence-corrected chi connectivity index (χ2v) is 5.03. The Hall–Kier alpha value is -2.10. The average molecular weight is 255 g/mol. The third-order valence-electron chi connectivity index (χ3n) is 3.45. The molecule has 3 rings (SSSR count). The first-order valence-electron chi connectivity index (χ1n) is 6.64. The molecule has 4 nitrogen and oxygen atoms in total. The maximum atomic E-state index is 12.0. The van der Waals surface area contributed by atoms with E-state index in [4.69, 9.17) is 0 Å². The smallest absolute Gasteiger partial charge is 0.256 e. The highest BCUT2D eigenvalue weighted by Crippen LogP contribution is 2.16. The summed E-state index contributed by atoms with van der Waals surface area (Å²) in [5.41, 5.74) is 3.18. The topological polar surface area (TPSA) is 57.8 Å². The predicted molar refractivity (Wildman–Crippen MR) is 75.7 cm³/mol. The number of fused-ring (bicyclic) bond motifs is 1. The molecule has 2 heterocycles. The second kappa shape index (κ2) is 4.88. The zero-order valence-electron chi connectivity index (χ0n) is 11.0. The molecule has 1 aliphatic heterocycles. The highest BCUT2D eigenvalue weighted by molar-refractivity contribution is 5.45. The van der Waals surface area contributed by atoms with Crippen molar-refractivity contribution in [2.24, 2.45) is 0 Å². The molecule has 1 aromatic heterocycles. The van der Waals surface area contributed by atoms with Crippen LogP contribution in [0.15, 0.2) is 29.1 Å². The van der Waals surface area contributed by atoms with E-state index in [0.717, 1.165) is 42.2 Å². The van der Waals surface area contributed by atoms with E-state index in [-0.39, 0.29) is 5.56 Å². The molecule has 19 heavy (non-hydrogen) atoms. The summed E-state index contributed by atoms with van der Waals surface area (Å²) in [4.78, 5) is 19.4. The van der Waals surface area contributed by atoms with Crippen LogP contribution in [0.3, 0.4) is 0 Å². The number of hydrogen-bond donors (Lipinski definition) is 2. The van der Waals surface area contributed by atoms with Gasteiger partial charge in [0.25, 0.3) is 5.56 Å². The van der Waals surface area contributed by atoms with Crippen molar-refractivity contribution in [2.75, 3.05) is 11.9 Å². The van der Waals surface area contributed by atoms with E-state index in [2.05, 4.69) is 46.5 Å². The van der Waals surface area contributed by atoms with Crippen LogP contribution < -0.4 is 10.9 Å². The van der Waals surface area contributed by atoms with Gasteiger partial charge >= 0.3 is 0 Å². The molecule has 0 unspecified atom stereocenters. The molecule has 4 heteroatoms. The summed E-state index contributed by atoms with van der Waals surface area (Å²) >= 11 is 0. The molecule has 0 bridgehead atoms. The van der Waals surface area contributed by atoms with Crippen molar-refractivity contribution in [3.05, 3.63) is 57.1 Å². The van der Waals surface area contributed by atoms with Crippen molar-refractivity contribution in [1.82, 2.24) is 9.97 Å². The van der Waals surface area contributed by atoms with Crippen LogP contribution in [0.25, 0.3) is 0 Å². The molecule has 0 atom stereocenters. The third kappa shape index (κ3) is 2.52. The van der Waals surface area contributed by atoms with Crippen molar-refractivity contribution < 1.29 is 0 Å². The number of nitrogens with zero attached hydrogens (tertiary/aromatic N) is 1. The molecule has 1 aliphatic rings. The predicted octanol–water partition coefficient (Wildman–Crippen LogP) is 2.03. The quantitative estimate of drug-likeness (QED) is 0.863. The Morgan fingerprint density at radius 2 is 2.05 bits per heavy atom. The number of hydrogen-bond acceptors (Lipinski definition) is 3. The van der Waals surface area contributed by atoms with Crippen LogP contribution in [0.4, 0.5) is 5.82 Å². The van der Waals surface area contributed by atoms with Gasteiger partial charge in [-0.25, -0.2) is 4.98 Å². The van der Waals surface area contributed by atoms with Gasteiger partial charge in [-0.15, -0.1) is 0 Å². The van der Waals surface area contributed by atoms with Crippen molar-refractivity contribution in [3.63, 3.8) is 0 Å². The lowest BCUT2D eigenvalue weighted by molar-refractivity contribution is 0.783. The molecule has 2 aromatic rings. The van der Waals surface area contributed by atoms with Gasteiger partial charge in [0.1, 0.15) is 11.6 Å². The minimum Gasteiger partial charge on any atom is -0.370 e. The van der Waals surface area contributed by atoms with Gasteiger partial charge in [0, 0.05) is 13.0 Å². The Morgan fingerprint density at radius 3 is 2.84 bits per heavy atom. The molecule has 0 spiro atoms. The number of H-pyrrole nitrogens is 1. The Balaban J connectivity index is 1.91. The minimum absolute atomic E-state index is 0.000637. The van der Waals surface area contributed by atoms with Gasteiger partial charge in [-0.1, -0.05) is 29.8 Å². The van der Waals surface area contributed by atoms with Gasteiger partial charge in [-0.3, -0.25) is 4.79 Å². The Labute approximate surface area is 111 Å². The second-order valence-electron chi connectivity index (χ2n) is 5.03. The minimum atomic E-state index is -0.000637. The summed E-state index contributed by atoms with van der Waals surface area (Å²) in [6.45, 7) is 2.96. The lowest BCUT2D eigenvalue weighted by atomic mass is 10.1. The molecule has 1 aromatic carbocycles. The molecule has 98 valence electrons. The SMILES string of the molecule is Cc1ccc(Cc2nc3c(c(=O)[nH]2)CCCN3)cc1. The molecule has 0 fully saturated rings. The molecule has 0 saturated carbocycles. The summed E-state index contributed by atoms with van der Waals surface area (Å²) in [6.07, 6.45) is 2.47. The maximum Gasteiger partial charge on any atom is 0.256 e. The van der Waals surface area contributed by atoms with Crippen molar-refractivity contribution in [2.45, 2.75) is 26.2 Å². The normalized spacial score (nSPS) is 13.7. The van der Waals surface area contributed by atoms with E-state index in [9.17, 15) is 4.79 Å². The van der Waals surface area contributed by atoms with Crippen molar-refractivity contribution >= 4 is 5.82 Å². The van der Waals surface area contributed by atoms with E-state index < -0.39 is 0 Å². The van der Waals surface area contributed by atoms with Crippen molar-refractivity contribution in [3.8, 4) is 0 Å². The number of nitrogens with one attached hydrogen (secondary N) is 2. The highest BCUT2D eigenvalue weighted by Gasteiger charge is 2.14. The number of benzene rings is 1.